The predicted octanol–water partition coefficient (Wildman–Crippen LogP) is 2.00. The summed E-state index contributed by atoms with van der Waals surface area (Å²) in [6.45, 7) is 5.23. The Balaban J connectivity index is 1.63. The van der Waals surface area contributed by atoms with E-state index in [9.17, 15) is 4.39 Å². The third-order valence-corrected chi connectivity index (χ3v) is 4.34. The third kappa shape index (κ3) is 4.13. The molecule has 0 spiro atoms. The lowest BCUT2D eigenvalue weighted by Gasteiger charge is -2.34. The Morgan fingerprint density at radius 1 is 0.957 bits per heavy atom. The minimum Gasteiger partial charge on any atom is -0.395 e. The highest BCUT2D eigenvalue weighted by molar-refractivity contribution is 5.63. The maximum absolute atomic E-state index is 14.4. The SMILES string of the molecule is OCCN1CCN(Cc2ccc(-c3ccncc3)cc2F)CC1. The molecule has 0 unspecified atom stereocenters. The van der Waals surface area contributed by atoms with Crippen molar-refractivity contribution >= 4 is 0 Å². The molecular formula is C18H22FN3O. The van der Waals surface area contributed by atoms with E-state index >= 15 is 0 Å². The van der Waals surface area contributed by atoms with Crippen LogP contribution in [0.4, 0.5) is 4.39 Å². The van der Waals surface area contributed by atoms with Crippen LogP contribution in [-0.4, -0.2) is 59.2 Å². The normalized spacial score (nSPS) is 16.6. The molecule has 1 aromatic heterocycles. The van der Waals surface area contributed by atoms with Crippen molar-refractivity contribution in [3.05, 3.63) is 54.1 Å². The zero-order valence-corrected chi connectivity index (χ0v) is 13.2. The van der Waals surface area contributed by atoms with Gasteiger partial charge in [0.05, 0.1) is 6.61 Å². The van der Waals surface area contributed by atoms with E-state index in [1.165, 1.54) is 0 Å². The summed E-state index contributed by atoms with van der Waals surface area (Å²) in [5, 5.41) is 8.97. The van der Waals surface area contributed by atoms with Gasteiger partial charge in [-0.15, -0.1) is 0 Å². The van der Waals surface area contributed by atoms with Gasteiger partial charge in [0, 0.05) is 57.2 Å². The van der Waals surface area contributed by atoms with Crippen LogP contribution in [0.25, 0.3) is 11.1 Å². The molecule has 122 valence electrons. The maximum Gasteiger partial charge on any atom is 0.128 e. The number of hydrogen-bond donors (Lipinski definition) is 1. The summed E-state index contributed by atoms with van der Waals surface area (Å²) in [5.74, 6) is -0.155. The quantitative estimate of drug-likeness (QED) is 0.916. The summed E-state index contributed by atoms with van der Waals surface area (Å²) in [4.78, 5) is 8.49. The first-order chi connectivity index (χ1) is 11.3. The van der Waals surface area contributed by atoms with Gasteiger partial charge >= 0.3 is 0 Å². The Morgan fingerprint density at radius 2 is 1.65 bits per heavy atom. The lowest BCUT2D eigenvalue weighted by molar-refractivity contribution is 0.108. The lowest BCUT2D eigenvalue weighted by Crippen LogP contribution is -2.46. The van der Waals surface area contributed by atoms with Gasteiger partial charge in [0.1, 0.15) is 5.82 Å². The van der Waals surface area contributed by atoms with E-state index < -0.39 is 0 Å². The van der Waals surface area contributed by atoms with E-state index in [0.29, 0.717) is 6.54 Å². The Hall–Kier alpha value is -1.82. The van der Waals surface area contributed by atoms with Crippen LogP contribution in [0.3, 0.4) is 0 Å². The summed E-state index contributed by atoms with van der Waals surface area (Å²) in [6, 6.07) is 9.22. The van der Waals surface area contributed by atoms with Crippen molar-refractivity contribution in [3.8, 4) is 11.1 Å². The van der Waals surface area contributed by atoms with E-state index in [0.717, 1.165) is 49.4 Å². The van der Waals surface area contributed by atoms with Gasteiger partial charge in [-0.2, -0.15) is 0 Å². The van der Waals surface area contributed by atoms with Gasteiger partial charge in [-0.3, -0.25) is 14.8 Å². The van der Waals surface area contributed by atoms with Crippen molar-refractivity contribution < 1.29 is 9.50 Å². The summed E-state index contributed by atoms with van der Waals surface area (Å²) in [6.07, 6.45) is 3.43. The van der Waals surface area contributed by atoms with Crippen molar-refractivity contribution in [2.45, 2.75) is 6.54 Å². The molecule has 0 aliphatic carbocycles. The van der Waals surface area contributed by atoms with Crippen molar-refractivity contribution in [1.82, 2.24) is 14.8 Å². The van der Waals surface area contributed by atoms with E-state index in [4.69, 9.17) is 5.11 Å². The molecule has 0 atom stereocenters. The molecule has 3 rings (SSSR count). The fourth-order valence-corrected chi connectivity index (χ4v) is 2.95. The number of nitrogens with zero attached hydrogens (tertiary/aromatic N) is 3. The minimum atomic E-state index is -0.155. The smallest absolute Gasteiger partial charge is 0.128 e. The van der Waals surface area contributed by atoms with Gasteiger partial charge in [-0.1, -0.05) is 12.1 Å². The largest absolute Gasteiger partial charge is 0.395 e. The summed E-state index contributed by atoms with van der Waals surface area (Å²) >= 11 is 0. The number of aromatic nitrogens is 1. The number of aliphatic hydroxyl groups is 1. The zero-order chi connectivity index (χ0) is 16.1. The van der Waals surface area contributed by atoms with Gasteiger partial charge in [-0.25, -0.2) is 4.39 Å². The molecule has 5 heteroatoms. The Bertz CT molecular complexity index is 627. The topological polar surface area (TPSA) is 39.6 Å². The van der Waals surface area contributed by atoms with Crippen molar-refractivity contribution in [2.24, 2.45) is 0 Å². The fraction of sp³-hybridized carbons (Fsp3) is 0.389. The van der Waals surface area contributed by atoms with Crippen molar-refractivity contribution in [1.29, 1.82) is 0 Å². The highest BCUT2D eigenvalue weighted by Crippen LogP contribution is 2.22. The number of halogens is 1. The van der Waals surface area contributed by atoms with Gasteiger partial charge in [0.25, 0.3) is 0 Å². The first kappa shape index (κ1) is 16.1. The highest BCUT2D eigenvalue weighted by Gasteiger charge is 2.17. The second-order valence-corrected chi connectivity index (χ2v) is 5.88. The van der Waals surface area contributed by atoms with Gasteiger partial charge in [0.2, 0.25) is 0 Å². The van der Waals surface area contributed by atoms with E-state index in [2.05, 4.69) is 14.8 Å². The monoisotopic (exact) mass is 315 g/mol. The Labute approximate surface area is 136 Å². The van der Waals surface area contributed by atoms with Crippen LogP contribution in [0, 0.1) is 5.82 Å². The Kier molecular flexibility index (Phi) is 5.33. The number of benzene rings is 1. The molecule has 0 bridgehead atoms. The second kappa shape index (κ2) is 7.64. The Morgan fingerprint density at radius 3 is 2.30 bits per heavy atom. The van der Waals surface area contributed by atoms with Crippen molar-refractivity contribution in [2.75, 3.05) is 39.3 Å². The second-order valence-electron chi connectivity index (χ2n) is 5.88. The molecule has 1 aromatic carbocycles. The van der Waals surface area contributed by atoms with Crippen LogP contribution in [0.1, 0.15) is 5.56 Å². The minimum absolute atomic E-state index is 0.155. The summed E-state index contributed by atoms with van der Waals surface area (Å²) < 4.78 is 14.4. The number of pyridine rings is 1. The van der Waals surface area contributed by atoms with E-state index in [-0.39, 0.29) is 12.4 Å². The molecule has 1 saturated heterocycles. The molecule has 0 amide bonds. The lowest BCUT2D eigenvalue weighted by atomic mass is 10.0. The molecule has 4 nitrogen and oxygen atoms in total. The van der Waals surface area contributed by atoms with Gasteiger partial charge in [-0.05, 0) is 29.3 Å². The molecule has 0 saturated carbocycles. The molecule has 1 aliphatic heterocycles. The molecular weight excluding hydrogens is 293 g/mol. The molecule has 2 aromatic rings. The third-order valence-electron chi connectivity index (χ3n) is 4.34. The van der Waals surface area contributed by atoms with Gasteiger partial charge in [0.15, 0.2) is 0 Å². The van der Waals surface area contributed by atoms with Crippen LogP contribution >= 0.6 is 0 Å². The summed E-state index contributed by atoms with van der Waals surface area (Å²) in [5.41, 5.74) is 2.59. The average Bonchev–Trinajstić information content (AvgIpc) is 2.59. The standard InChI is InChI=1S/C18H22FN3O/c19-18-13-16(15-3-5-20-6-4-15)1-2-17(18)14-22-9-7-21(8-10-22)11-12-23/h1-6,13,23H,7-12,14H2. The van der Waals surface area contributed by atoms with E-state index in [1.807, 2.05) is 24.3 Å². The average molecular weight is 315 g/mol. The van der Waals surface area contributed by atoms with Gasteiger partial charge < -0.3 is 5.11 Å². The molecule has 1 N–H and O–H groups in total. The number of aliphatic hydroxyl groups excluding tert-OH is 1. The maximum atomic E-state index is 14.4. The van der Waals surface area contributed by atoms with Crippen molar-refractivity contribution in [3.63, 3.8) is 0 Å². The summed E-state index contributed by atoms with van der Waals surface area (Å²) in [7, 11) is 0. The number of β-amino-alcohol motifs (C(OH)–C–C–N with tert-alkyl or cyclic N) is 1. The van der Waals surface area contributed by atoms with E-state index in [1.54, 1.807) is 18.5 Å². The number of hydrogen-bond acceptors (Lipinski definition) is 4. The number of rotatable bonds is 5. The molecule has 1 fully saturated rings. The fourth-order valence-electron chi connectivity index (χ4n) is 2.95. The van der Waals surface area contributed by atoms with Crippen LogP contribution in [0.2, 0.25) is 0 Å². The predicted molar refractivity (Wildman–Crippen MR) is 88.4 cm³/mol. The number of piperazine rings is 1. The molecule has 1 aliphatic rings. The molecule has 23 heavy (non-hydrogen) atoms. The van der Waals surface area contributed by atoms with Crippen LogP contribution in [0.5, 0.6) is 0 Å². The van der Waals surface area contributed by atoms with Crippen LogP contribution in [0.15, 0.2) is 42.7 Å². The van der Waals surface area contributed by atoms with Crippen LogP contribution in [-0.2, 0) is 6.54 Å². The first-order valence-electron chi connectivity index (χ1n) is 8.00. The highest BCUT2D eigenvalue weighted by atomic mass is 19.1. The van der Waals surface area contributed by atoms with Crippen LogP contribution < -0.4 is 0 Å². The molecule has 2 heterocycles. The first-order valence-corrected chi connectivity index (χ1v) is 8.00. The zero-order valence-electron chi connectivity index (χ0n) is 13.2. The molecule has 0 radical (unpaired) electrons.